The number of carbonyl (C=O) groups is 3. The third-order valence-corrected chi connectivity index (χ3v) is 11.9. The molecule has 0 aromatic rings. The second kappa shape index (κ2) is 51.3. The van der Waals surface area contributed by atoms with Crippen LogP contribution in [0.15, 0.2) is 36.5 Å². The van der Waals surface area contributed by atoms with Crippen LogP contribution >= 0.6 is 0 Å². The molecule has 0 aromatic heterocycles. The summed E-state index contributed by atoms with van der Waals surface area (Å²) in [7, 11) is 0. The highest BCUT2D eigenvalue weighted by Gasteiger charge is 2.19. The topological polar surface area (TPSA) is 78.9 Å². The fourth-order valence-electron chi connectivity index (χ4n) is 7.75. The van der Waals surface area contributed by atoms with Crippen molar-refractivity contribution in [2.45, 2.75) is 290 Å². The minimum absolute atomic E-state index is 0.0774. The molecule has 0 aliphatic rings. The number of rotatable bonds is 49. The van der Waals surface area contributed by atoms with E-state index in [9.17, 15) is 14.4 Å². The molecule has 6 nitrogen and oxygen atoms in total. The maximum Gasteiger partial charge on any atom is 0.306 e. The van der Waals surface area contributed by atoms with Crippen molar-refractivity contribution in [3.8, 4) is 0 Å². The largest absolute Gasteiger partial charge is 0.462 e. The summed E-state index contributed by atoms with van der Waals surface area (Å²) in [6.45, 7) is 6.60. The van der Waals surface area contributed by atoms with Crippen LogP contribution in [0.4, 0.5) is 0 Å². The van der Waals surface area contributed by atoms with Gasteiger partial charge in [-0.3, -0.25) is 14.4 Å². The Morgan fingerprint density at radius 3 is 0.952 bits per heavy atom. The molecule has 0 spiro atoms. The Morgan fingerprint density at radius 1 is 0.323 bits per heavy atom. The molecule has 362 valence electrons. The monoisotopic (exact) mass is 871 g/mol. The third kappa shape index (κ3) is 48.7. The summed E-state index contributed by atoms with van der Waals surface area (Å²) in [6, 6.07) is 0. The zero-order valence-electron chi connectivity index (χ0n) is 41.4. The van der Waals surface area contributed by atoms with Gasteiger partial charge in [0.2, 0.25) is 0 Å². The molecule has 0 bridgehead atoms. The lowest BCUT2D eigenvalue weighted by atomic mass is 10.0. The van der Waals surface area contributed by atoms with Crippen LogP contribution in [0.2, 0.25) is 0 Å². The summed E-state index contributed by atoms with van der Waals surface area (Å²) >= 11 is 0. The lowest BCUT2D eigenvalue weighted by Gasteiger charge is -2.18. The number of esters is 3. The fourth-order valence-corrected chi connectivity index (χ4v) is 7.75. The highest BCUT2D eigenvalue weighted by atomic mass is 16.6. The quantitative estimate of drug-likeness (QED) is 0.0262. The van der Waals surface area contributed by atoms with Gasteiger partial charge in [0.1, 0.15) is 13.2 Å². The third-order valence-electron chi connectivity index (χ3n) is 11.9. The molecule has 6 heteroatoms. The van der Waals surface area contributed by atoms with Gasteiger partial charge in [0, 0.05) is 19.3 Å². The van der Waals surface area contributed by atoms with Crippen LogP contribution in [0.25, 0.3) is 0 Å². The minimum Gasteiger partial charge on any atom is -0.462 e. The van der Waals surface area contributed by atoms with Crippen LogP contribution in [-0.2, 0) is 28.6 Å². The number of hydrogen-bond acceptors (Lipinski definition) is 6. The smallest absolute Gasteiger partial charge is 0.306 e. The lowest BCUT2D eigenvalue weighted by molar-refractivity contribution is -0.167. The first-order valence-electron chi connectivity index (χ1n) is 27.0. The maximum atomic E-state index is 12.8. The van der Waals surface area contributed by atoms with Crippen molar-refractivity contribution >= 4 is 17.9 Å². The molecule has 0 aromatic carbocycles. The van der Waals surface area contributed by atoms with E-state index in [0.29, 0.717) is 19.3 Å². The van der Waals surface area contributed by atoms with Crippen LogP contribution in [0, 0.1) is 0 Å². The van der Waals surface area contributed by atoms with Gasteiger partial charge in [-0.25, -0.2) is 0 Å². The molecule has 0 saturated carbocycles. The molecule has 0 fully saturated rings. The van der Waals surface area contributed by atoms with Crippen LogP contribution in [0.3, 0.4) is 0 Å². The van der Waals surface area contributed by atoms with Crippen LogP contribution < -0.4 is 0 Å². The van der Waals surface area contributed by atoms with E-state index in [1.807, 2.05) is 0 Å². The molecule has 0 radical (unpaired) electrons. The molecule has 0 heterocycles. The first-order chi connectivity index (χ1) is 30.5. The normalized spacial score (nSPS) is 12.2. The molecule has 0 aliphatic carbocycles. The Hall–Kier alpha value is -2.37. The van der Waals surface area contributed by atoms with Crippen molar-refractivity contribution in [3.05, 3.63) is 36.5 Å². The van der Waals surface area contributed by atoms with Gasteiger partial charge in [0.15, 0.2) is 6.10 Å². The standard InChI is InChI=1S/C56H102O6/c1-4-7-10-13-16-19-22-25-28-29-32-34-37-40-43-46-49-55(58)61-52-53(62-56(59)50-47-44-41-38-35-31-27-24-21-18-15-12-9-6-3)51-60-54(57)48-45-42-39-36-33-30-26-23-20-17-14-11-8-5-2/h15,18,24,27-29,53H,4-14,16-17,19-23,25-26,30-52H2,1-3H3/b18-15-,27-24-,29-28-. The summed E-state index contributed by atoms with van der Waals surface area (Å²) in [5.41, 5.74) is 0. The van der Waals surface area contributed by atoms with Gasteiger partial charge in [-0.05, 0) is 70.6 Å². The Morgan fingerprint density at radius 2 is 0.597 bits per heavy atom. The van der Waals surface area contributed by atoms with E-state index < -0.39 is 6.10 Å². The summed E-state index contributed by atoms with van der Waals surface area (Å²) in [6.07, 6.45) is 59.8. The van der Waals surface area contributed by atoms with Gasteiger partial charge in [-0.1, -0.05) is 231 Å². The van der Waals surface area contributed by atoms with Crippen LogP contribution in [0.1, 0.15) is 284 Å². The zero-order chi connectivity index (χ0) is 45.1. The van der Waals surface area contributed by atoms with Gasteiger partial charge in [-0.2, -0.15) is 0 Å². The molecule has 0 aliphatic heterocycles. The van der Waals surface area contributed by atoms with Gasteiger partial charge in [0.05, 0.1) is 0 Å². The van der Waals surface area contributed by atoms with Crippen molar-refractivity contribution in [2.75, 3.05) is 13.2 Å². The molecule has 62 heavy (non-hydrogen) atoms. The van der Waals surface area contributed by atoms with E-state index in [-0.39, 0.29) is 31.1 Å². The van der Waals surface area contributed by atoms with E-state index in [1.54, 1.807) is 0 Å². The SMILES string of the molecule is CCCC/C=C\C/C=C\CCCCCCCC(=O)OC(COC(=O)CCCCCCC/C=C\CCCCCCCCC)COC(=O)CCCCCCCCCCCCCCCC. The Bertz CT molecular complexity index is 1050. The Balaban J connectivity index is 4.38. The predicted octanol–water partition coefficient (Wildman–Crippen LogP) is 17.7. The van der Waals surface area contributed by atoms with Gasteiger partial charge in [0.25, 0.3) is 0 Å². The molecule has 0 amide bonds. The molecule has 0 rings (SSSR count). The highest BCUT2D eigenvalue weighted by molar-refractivity contribution is 5.71. The number of ether oxygens (including phenoxy) is 3. The fraction of sp³-hybridized carbons (Fsp3) is 0.839. The highest BCUT2D eigenvalue weighted by Crippen LogP contribution is 2.15. The first kappa shape index (κ1) is 59.6. The Kier molecular flexibility index (Phi) is 49.3. The molecule has 0 saturated heterocycles. The average molecular weight is 871 g/mol. The van der Waals surface area contributed by atoms with E-state index in [4.69, 9.17) is 14.2 Å². The number of allylic oxidation sites excluding steroid dienone is 6. The minimum atomic E-state index is -0.779. The molecular formula is C56H102O6. The van der Waals surface area contributed by atoms with Crippen molar-refractivity contribution in [2.24, 2.45) is 0 Å². The van der Waals surface area contributed by atoms with Crippen molar-refractivity contribution in [1.82, 2.24) is 0 Å². The molecule has 1 unspecified atom stereocenters. The van der Waals surface area contributed by atoms with Gasteiger partial charge < -0.3 is 14.2 Å². The average Bonchev–Trinajstić information content (AvgIpc) is 3.27. The van der Waals surface area contributed by atoms with E-state index >= 15 is 0 Å². The number of unbranched alkanes of at least 4 members (excludes halogenated alkanes) is 32. The first-order valence-corrected chi connectivity index (χ1v) is 27.0. The molecular weight excluding hydrogens is 769 g/mol. The Labute approximate surface area is 385 Å². The summed E-state index contributed by atoms with van der Waals surface area (Å²) < 4.78 is 16.8. The summed E-state index contributed by atoms with van der Waals surface area (Å²) in [5.74, 6) is -0.888. The van der Waals surface area contributed by atoms with E-state index in [1.165, 1.54) is 154 Å². The summed E-state index contributed by atoms with van der Waals surface area (Å²) in [4.78, 5) is 38.0. The van der Waals surface area contributed by atoms with Crippen LogP contribution in [-0.4, -0.2) is 37.2 Å². The van der Waals surface area contributed by atoms with Crippen molar-refractivity contribution in [3.63, 3.8) is 0 Å². The predicted molar refractivity (Wildman–Crippen MR) is 266 cm³/mol. The second-order valence-electron chi connectivity index (χ2n) is 18.1. The zero-order valence-corrected chi connectivity index (χ0v) is 41.4. The number of hydrogen-bond donors (Lipinski definition) is 0. The maximum absolute atomic E-state index is 12.8. The second-order valence-corrected chi connectivity index (χ2v) is 18.1. The van der Waals surface area contributed by atoms with Crippen LogP contribution in [0.5, 0.6) is 0 Å². The lowest BCUT2D eigenvalue weighted by Crippen LogP contribution is -2.30. The van der Waals surface area contributed by atoms with Crippen molar-refractivity contribution < 1.29 is 28.6 Å². The van der Waals surface area contributed by atoms with E-state index in [0.717, 1.165) is 89.9 Å². The number of carbonyl (C=O) groups excluding carboxylic acids is 3. The molecule has 1 atom stereocenters. The summed E-state index contributed by atoms with van der Waals surface area (Å²) in [5, 5.41) is 0. The molecule has 0 N–H and O–H groups in total. The van der Waals surface area contributed by atoms with Gasteiger partial charge >= 0.3 is 17.9 Å². The van der Waals surface area contributed by atoms with E-state index in [2.05, 4.69) is 57.2 Å². The van der Waals surface area contributed by atoms with Crippen molar-refractivity contribution in [1.29, 1.82) is 0 Å². The van der Waals surface area contributed by atoms with Gasteiger partial charge in [-0.15, -0.1) is 0 Å².